The Morgan fingerprint density at radius 3 is 2.64 bits per heavy atom. The van der Waals surface area contributed by atoms with E-state index in [1.807, 2.05) is 22.4 Å². The first-order valence-corrected chi connectivity index (χ1v) is 8.85. The van der Waals surface area contributed by atoms with E-state index < -0.39 is 0 Å². The van der Waals surface area contributed by atoms with Crippen LogP contribution in [0, 0.1) is 0 Å². The van der Waals surface area contributed by atoms with Crippen molar-refractivity contribution in [2.24, 2.45) is 0 Å². The highest BCUT2D eigenvalue weighted by atomic mass is 32.1. The molecule has 0 radical (unpaired) electrons. The highest BCUT2D eigenvalue weighted by molar-refractivity contribution is 7.12. The molecule has 1 aliphatic heterocycles. The van der Waals surface area contributed by atoms with E-state index in [9.17, 15) is 4.79 Å². The molecule has 1 unspecified atom stereocenters. The van der Waals surface area contributed by atoms with Crippen LogP contribution in [0.5, 0.6) is 0 Å². The second-order valence-electron chi connectivity index (χ2n) is 6.06. The normalized spacial score (nSPS) is 21.8. The third-order valence-electron chi connectivity index (χ3n) is 4.88. The first-order valence-electron chi connectivity index (χ1n) is 7.97. The largest absolute Gasteiger partial charge is 0.335 e. The number of hydrogen-bond donors (Lipinski definition) is 0. The molecule has 1 aromatic carbocycles. The molecule has 4 rings (SSSR count). The van der Waals surface area contributed by atoms with Crippen LogP contribution in [-0.4, -0.2) is 41.9 Å². The van der Waals surface area contributed by atoms with Crippen molar-refractivity contribution in [3.8, 4) is 0 Å². The van der Waals surface area contributed by atoms with Gasteiger partial charge >= 0.3 is 0 Å². The first-order chi connectivity index (χ1) is 10.8. The topological polar surface area (TPSA) is 23.6 Å². The molecule has 0 saturated carbocycles. The predicted molar refractivity (Wildman–Crippen MR) is 89.3 cm³/mol. The predicted octanol–water partition coefficient (Wildman–Crippen LogP) is 3.19. The summed E-state index contributed by atoms with van der Waals surface area (Å²) in [5, 5.41) is 1.97. The van der Waals surface area contributed by atoms with Crippen LogP contribution in [0.3, 0.4) is 0 Å². The van der Waals surface area contributed by atoms with Gasteiger partial charge in [0, 0.05) is 32.2 Å². The molecule has 1 fully saturated rings. The molecule has 114 valence electrons. The zero-order chi connectivity index (χ0) is 14.9. The molecular formula is C18H20N2OS. The second kappa shape index (κ2) is 5.86. The van der Waals surface area contributed by atoms with E-state index in [1.165, 1.54) is 35.3 Å². The highest BCUT2D eigenvalue weighted by Crippen LogP contribution is 2.36. The van der Waals surface area contributed by atoms with Crippen molar-refractivity contribution in [3.05, 3.63) is 57.8 Å². The van der Waals surface area contributed by atoms with Gasteiger partial charge in [-0.15, -0.1) is 11.3 Å². The molecule has 1 aliphatic carbocycles. The Morgan fingerprint density at radius 1 is 1.05 bits per heavy atom. The van der Waals surface area contributed by atoms with Gasteiger partial charge in [0.1, 0.15) is 0 Å². The summed E-state index contributed by atoms with van der Waals surface area (Å²) in [5.41, 5.74) is 3.00. The zero-order valence-corrected chi connectivity index (χ0v) is 13.4. The number of carbonyl (C=O) groups excluding carboxylic acids is 1. The Labute approximate surface area is 135 Å². The van der Waals surface area contributed by atoms with E-state index in [1.54, 1.807) is 0 Å². The van der Waals surface area contributed by atoms with Crippen LogP contribution in [0.1, 0.15) is 33.3 Å². The summed E-state index contributed by atoms with van der Waals surface area (Å²) in [6, 6.07) is 13.2. The van der Waals surface area contributed by atoms with E-state index >= 15 is 0 Å². The van der Waals surface area contributed by atoms with Gasteiger partial charge in [-0.3, -0.25) is 9.69 Å². The summed E-state index contributed by atoms with van der Waals surface area (Å²) in [6.07, 6.45) is 2.41. The lowest BCUT2D eigenvalue weighted by Gasteiger charge is -2.38. The van der Waals surface area contributed by atoms with Crippen molar-refractivity contribution in [1.29, 1.82) is 0 Å². The molecule has 1 atom stereocenters. The maximum atomic E-state index is 12.4. The van der Waals surface area contributed by atoms with Gasteiger partial charge in [-0.2, -0.15) is 0 Å². The van der Waals surface area contributed by atoms with Gasteiger partial charge in [0.25, 0.3) is 5.91 Å². The molecule has 22 heavy (non-hydrogen) atoms. The van der Waals surface area contributed by atoms with Crippen molar-refractivity contribution in [1.82, 2.24) is 9.80 Å². The number of benzene rings is 1. The van der Waals surface area contributed by atoms with E-state index in [0.29, 0.717) is 6.04 Å². The van der Waals surface area contributed by atoms with Gasteiger partial charge in [0.2, 0.25) is 0 Å². The lowest BCUT2D eigenvalue weighted by molar-refractivity contribution is 0.0572. The minimum atomic E-state index is 0.196. The summed E-state index contributed by atoms with van der Waals surface area (Å²) in [6.45, 7) is 3.65. The number of piperazine rings is 1. The third kappa shape index (κ3) is 2.46. The molecule has 4 heteroatoms. The minimum absolute atomic E-state index is 0.196. The lowest BCUT2D eigenvalue weighted by Crippen LogP contribution is -2.49. The molecule has 1 amide bonds. The van der Waals surface area contributed by atoms with Crippen molar-refractivity contribution < 1.29 is 4.79 Å². The van der Waals surface area contributed by atoms with Gasteiger partial charge < -0.3 is 4.90 Å². The van der Waals surface area contributed by atoms with Crippen molar-refractivity contribution in [2.75, 3.05) is 26.2 Å². The van der Waals surface area contributed by atoms with Crippen molar-refractivity contribution in [3.63, 3.8) is 0 Å². The Hall–Kier alpha value is -1.65. The number of aryl methyl sites for hydroxylation is 1. The number of amides is 1. The van der Waals surface area contributed by atoms with E-state index in [2.05, 4.69) is 29.2 Å². The maximum Gasteiger partial charge on any atom is 0.264 e. The fourth-order valence-electron chi connectivity index (χ4n) is 3.71. The van der Waals surface area contributed by atoms with Crippen LogP contribution >= 0.6 is 11.3 Å². The van der Waals surface area contributed by atoms with E-state index in [0.717, 1.165) is 31.1 Å². The number of nitrogens with zero attached hydrogens (tertiary/aromatic N) is 2. The molecule has 2 aromatic rings. The van der Waals surface area contributed by atoms with Crippen LogP contribution < -0.4 is 0 Å². The number of thiophene rings is 1. The number of rotatable bonds is 2. The number of hydrogen-bond acceptors (Lipinski definition) is 3. The second-order valence-corrected chi connectivity index (χ2v) is 7.01. The Morgan fingerprint density at radius 2 is 1.86 bits per heavy atom. The summed E-state index contributed by atoms with van der Waals surface area (Å²) >= 11 is 1.54. The monoisotopic (exact) mass is 312 g/mol. The van der Waals surface area contributed by atoms with Crippen LogP contribution in [-0.2, 0) is 6.42 Å². The quantitative estimate of drug-likeness (QED) is 0.850. The highest BCUT2D eigenvalue weighted by Gasteiger charge is 2.31. The standard InChI is InChI=1S/C18H20N2OS/c21-18(17-6-3-13-22-17)20-11-9-19(10-12-20)16-8-7-14-4-1-2-5-15(14)16/h1-6,13,16H,7-12H2. The molecular weight excluding hydrogens is 292 g/mol. The number of carbonyl (C=O) groups is 1. The van der Waals surface area contributed by atoms with Crippen molar-refractivity contribution in [2.45, 2.75) is 18.9 Å². The average Bonchev–Trinajstić information content (AvgIpc) is 3.24. The molecule has 1 saturated heterocycles. The molecule has 0 N–H and O–H groups in total. The summed E-state index contributed by atoms with van der Waals surface area (Å²) in [7, 11) is 0. The lowest BCUT2D eigenvalue weighted by atomic mass is 10.1. The maximum absolute atomic E-state index is 12.4. The third-order valence-corrected chi connectivity index (χ3v) is 5.73. The van der Waals surface area contributed by atoms with Gasteiger partial charge in [-0.1, -0.05) is 30.3 Å². The molecule has 1 aromatic heterocycles. The summed E-state index contributed by atoms with van der Waals surface area (Å²) in [5.74, 6) is 0.196. The molecule has 0 spiro atoms. The van der Waals surface area contributed by atoms with Crippen LogP contribution in [0.2, 0.25) is 0 Å². The molecule has 2 aliphatic rings. The Kier molecular flexibility index (Phi) is 3.72. The molecule has 0 bridgehead atoms. The van der Waals surface area contributed by atoms with Gasteiger partial charge in [-0.05, 0) is 35.4 Å². The Balaban J connectivity index is 1.42. The van der Waals surface area contributed by atoms with Crippen LogP contribution in [0.4, 0.5) is 0 Å². The van der Waals surface area contributed by atoms with Crippen molar-refractivity contribution >= 4 is 17.2 Å². The number of fused-ring (bicyclic) bond motifs is 1. The van der Waals surface area contributed by atoms with Gasteiger partial charge in [0.15, 0.2) is 0 Å². The summed E-state index contributed by atoms with van der Waals surface area (Å²) in [4.78, 5) is 17.8. The Bertz CT molecular complexity index is 659. The van der Waals surface area contributed by atoms with E-state index in [4.69, 9.17) is 0 Å². The minimum Gasteiger partial charge on any atom is -0.335 e. The van der Waals surface area contributed by atoms with Gasteiger partial charge in [0.05, 0.1) is 4.88 Å². The van der Waals surface area contributed by atoms with Gasteiger partial charge in [-0.25, -0.2) is 0 Å². The SMILES string of the molecule is O=C(c1cccs1)N1CCN(C2CCc3ccccc32)CC1. The van der Waals surface area contributed by atoms with Crippen LogP contribution in [0.25, 0.3) is 0 Å². The fraction of sp³-hybridized carbons (Fsp3) is 0.389. The van der Waals surface area contributed by atoms with E-state index in [-0.39, 0.29) is 5.91 Å². The zero-order valence-electron chi connectivity index (χ0n) is 12.6. The summed E-state index contributed by atoms with van der Waals surface area (Å²) < 4.78 is 0. The fourth-order valence-corrected chi connectivity index (χ4v) is 4.40. The molecule has 2 heterocycles. The van der Waals surface area contributed by atoms with Crippen LogP contribution in [0.15, 0.2) is 41.8 Å². The smallest absolute Gasteiger partial charge is 0.264 e. The average molecular weight is 312 g/mol. The first kappa shape index (κ1) is 14.0. The molecule has 3 nitrogen and oxygen atoms in total.